The number of hydrogen-bond donors (Lipinski definition) is 1. The molecule has 160 valence electrons. The zero-order valence-corrected chi connectivity index (χ0v) is 18.3. The van der Waals surface area contributed by atoms with E-state index < -0.39 is 5.97 Å². The Morgan fingerprint density at radius 3 is 2.07 bits per heavy atom. The van der Waals surface area contributed by atoms with Crippen LogP contribution in [0.5, 0.6) is 0 Å². The molecule has 4 heteroatoms. The number of carboxylic acid groups (broad SMARTS) is 1. The zero-order chi connectivity index (χ0) is 20.5. The van der Waals surface area contributed by atoms with Crippen LogP contribution in [-0.4, -0.2) is 23.7 Å². The van der Waals surface area contributed by atoms with E-state index in [0.717, 1.165) is 51.4 Å². The van der Waals surface area contributed by atoms with Crippen molar-refractivity contribution in [1.82, 2.24) is 0 Å². The van der Waals surface area contributed by atoms with Gasteiger partial charge in [0.25, 0.3) is 0 Å². The van der Waals surface area contributed by atoms with E-state index in [1.807, 2.05) is 0 Å². The highest BCUT2D eigenvalue weighted by Crippen LogP contribution is 2.23. The van der Waals surface area contributed by atoms with Crippen LogP contribution >= 0.6 is 0 Å². The Morgan fingerprint density at radius 2 is 1.52 bits per heavy atom. The van der Waals surface area contributed by atoms with Gasteiger partial charge in [-0.25, -0.2) is 0 Å². The summed E-state index contributed by atoms with van der Waals surface area (Å²) in [5, 5.41) is 8.96. The topological polar surface area (TPSA) is 63.6 Å². The molecular weight excluding hydrogens is 340 g/mol. The van der Waals surface area contributed by atoms with Gasteiger partial charge in [-0.2, -0.15) is 0 Å². The van der Waals surface area contributed by atoms with E-state index in [1.54, 1.807) is 0 Å². The molecule has 0 aliphatic rings. The molecule has 0 aromatic heterocycles. The van der Waals surface area contributed by atoms with Gasteiger partial charge in [-0.05, 0) is 37.0 Å². The zero-order valence-electron chi connectivity index (χ0n) is 18.3. The lowest BCUT2D eigenvalue weighted by Gasteiger charge is -2.18. The van der Waals surface area contributed by atoms with Crippen LogP contribution in [0.4, 0.5) is 0 Å². The lowest BCUT2D eigenvalue weighted by atomic mass is 9.87. The molecule has 0 aliphatic heterocycles. The summed E-state index contributed by atoms with van der Waals surface area (Å²) in [6, 6.07) is 0. The molecule has 0 amide bonds. The predicted octanol–water partition coefficient (Wildman–Crippen LogP) is 6.61. The summed E-state index contributed by atoms with van der Waals surface area (Å²) < 4.78 is 5.43. The van der Waals surface area contributed by atoms with Crippen molar-refractivity contribution < 1.29 is 19.4 Å². The molecule has 0 rings (SSSR count). The minimum Gasteiger partial charge on any atom is -0.481 e. The molecule has 2 atom stereocenters. The summed E-state index contributed by atoms with van der Waals surface area (Å²) >= 11 is 0. The third-order valence-electron chi connectivity index (χ3n) is 5.61. The minimum atomic E-state index is -0.684. The van der Waals surface area contributed by atoms with Gasteiger partial charge in [0.1, 0.15) is 0 Å². The highest BCUT2D eigenvalue weighted by Gasteiger charge is 2.16. The van der Waals surface area contributed by atoms with Crippen molar-refractivity contribution >= 4 is 11.9 Å². The van der Waals surface area contributed by atoms with Gasteiger partial charge in [-0.1, -0.05) is 79.1 Å². The van der Waals surface area contributed by atoms with Gasteiger partial charge in [0.2, 0.25) is 0 Å². The van der Waals surface area contributed by atoms with Gasteiger partial charge in [0.05, 0.1) is 6.61 Å². The first kappa shape index (κ1) is 25.9. The quantitative estimate of drug-likeness (QED) is 0.213. The number of esters is 1. The van der Waals surface area contributed by atoms with Crippen LogP contribution in [0.2, 0.25) is 0 Å². The van der Waals surface area contributed by atoms with Gasteiger partial charge in [0, 0.05) is 12.8 Å². The molecule has 0 aliphatic carbocycles. The lowest BCUT2D eigenvalue weighted by molar-refractivity contribution is -0.145. The largest absolute Gasteiger partial charge is 0.481 e. The number of unbranched alkanes of at least 4 members (excludes halogenated alkanes) is 6. The number of aliphatic carboxylic acids is 1. The second-order valence-corrected chi connectivity index (χ2v) is 8.36. The highest BCUT2D eigenvalue weighted by molar-refractivity contribution is 5.69. The fraction of sp³-hybridized carbons (Fsp3) is 0.913. The third-order valence-corrected chi connectivity index (χ3v) is 5.61. The van der Waals surface area contributed by atoms with Crippen LogP contribution in [0, 0.1) is 17.8 Å². The van der Waals surface area contributed by atoms with E-state index in [9.17, 15) is 9.59 Å². The molecule has 0 spiro atoms. The SMILES string of the molecule is CCCCC(CC)COC(=O)CCCCCCCCC(CC(=O)O)C(C)C. The fourth-order valence-electron chi connectivity index (χ4n) is 3.46. The second-order valence-electron chi connectivity index (χ2n) is 8.36. The van der Waals surface area contributed by atoms with Crippen molar-refractivity contribution in [3.63, 3.8) is 0 Å². The molecule has 0 fully saturated rings. The van der Waals surface area contributed by atoms with Crippen molar-refractivity contribution in [2.75, 3.05) is 6.61 Å². The summed E-state index contributed by atoms with van der Waals surface area (Å²) in [4.78, 5) is 22.7. The van der Waals surface area contributed by atoms with Gasteiger partial charge < -0.3 is 9.84 Å². The Morgan fingerprint density at radius 1 is 0.889 bits per heavy atom. The lowest BCUT2D eigenvalue weighted by Crippen LogP contribution is -2.14. The van der Waals surface area contributed by atoms with Crippen molar-refractivity contribution in [3.05, 3.63) is 0 Å². The van der Waals surface area contributed by atoms with Crippen LogP contribution in [0.1, 0.15) is 111 Å². The first-order chi connectivity index (χ1) is 12.9. The third kappa shape index (κ3) is 15.7. The van der Waals surface area contributed by atoms with E-state index in [4.69, 9.17) is 9.84 Å². The molecule has 27 heavy (non-hydrogen) atoms. The number of carbonyl (C=O) groups is 2. The average Bonchev–Trinajstić information content (AvgIpc) is 2.62. The first-order valence-corrected chi connectivity index (χ1v) is 11.3. The Labute approximate surface area is 167 Å². The minimum absolute atomic E-state index is 0.0432. The summed E-state index contributed by atoms with van der Waals surface area (Å²) in [7, 11) is 0. The highest BCUT2D eigenvalue weighted by atomic mass is 16.5. The van der Waals surface area contributed by atoms with Crippen LogP contribution in [0.3, 0.4) is 0 Å². The van der Waals surface area contributed by atoms with Crippen LogP contribution < -0.4 is 0 Å². The molecule has 0 saturated carbocycles. The van der Waals surface area contributed by atoms with Crippen LogP contribution in [0.25, 0.3) is 0 Å². The molecule has 1 N–H and O–H groups in total. The maximum atomic E-state index is 11.8. The van der Waals surface area contributed by atoms with Crippen molar-refractivity contribution in [1.29, 1.82) is 0 Å². The van der Waals surface area contributed by atoms with Gasteiger partial charge in [-0.15, -0.1) is 0 Å². The van der Waals surface area contributed by atoms with E-state index in [2.05, 4.69) is 27.7 Å². The normalized spacial score (nSPS) is 13.5. The number of hydrogen-bond acceptors (Lipinski definition) is 3. The summed E-state index contributed by atoms with van der Waals surface area (Å²) in [6.45, 7) is 9.16. The van der Waals surface area contributed by atoms with E-state index in [-0.39, 0.29) is 12.4 Å². The Bertz CT molecular complexity index is 379. The van der Waals surface area contributed by atoms with E-state index in [0.29, 0.717) is 30.8 Å². The summed E-state index contributed by atoms with van der Waals surface area (Å²) in [5.74, 6) is 0.516. The summed E-state index contributed by atoms with van der Waals surface area (Å²) in [6.07, 6.45) is 13.0. The number of ether oxygens (including phenoxy) is 1. The molecule has 0 saturated heterocycles. The average molecular weight is 385 g/mol. The smallest absolute Gasteiger partial charge is 0.305 e. The molecule has 0 radical (unpaired) electrons. The molecule has 0 aromatic carbocycles. The Hall–Kier alpha value is -1.06. The molecule has 0 bridgehead atoms. The Balaban J connectivity index is 3.62. The monoisotopic (exact) mass is 384 g/mol. The maximum absolute atomic E-state index is 11.8. The van der Waals surface area contributed by atoms with Gasteiger partial charge in [0.15, 0.2) is 0 Å². The van der Waals surface area contributed by atoms with Crippen molar-refractivity contribution in [2.24, 2.45) is 17.8 Å². The molecule has 0 aromatic rings. The second kappa shape index (κ2) is 17.1. The predicted molar refractivity (Wildman–Crippen MR) is 112 cm³/mol. The van der Waals surface area contributed by atoms with Gasteiger partial charge >= 0.3 is 11.9 Å². The molecular formula is C23H44O4. The maximum Gasteiger partial charge on any atom is 0.305 e. The molecule has 2 unspecified atom stereocenters. The molecule has 4 nitrogen and oxygen atoms in total. The van der Waals surface area contributed by atoms with Crippen LogP contribution in [0.15, 0.2) is 0 Å². The first-order valence-electron chi connectivity index (χ1n) is 11.3. The van der Waals surface area contributed by atoms with Gasteiger partial charge in [-0.3, -0.25) is 9.59 Å². The van der Waals surface area contributed by atoms with Crippen LogP contribution in [-0.2, 0) is 14.3 Å². The Kier molecular flexibility index (Phi) is 16.4. The fourth-order valence-corrected chi connectivity index (χ4v) is 3.46. The van der Waals surface area contributed by atoms with Crippen molar-refractivity contribution in [2.45, 2.75) is 111 Å². The molecule has 0 heterocycles. The van der Waals surface area contributed by atoms with E-state index in [1.165, 1.54) is 19.3 Å². The number of carbonyl (C=O) groups excluding carboxylic acids is 1. The van der Waals surface area contributed by atoms with Crippen molar-refractivity contribution in [3.8, 4) is 0 Å². The number of rotatable bonds is 18. The number of carboxylic acids is 1. The standard InChI is InChI=1S/C23H44O4/c1-5-7-14-20(6-2)18-27-23(26)16-13-11-9-8-10-12-15-21(19(3)4)17-22(24)25/h19-21H,5-18H2,1-4H3,(H,24,25). The summed E-state index contributed by atoms with van der Waals surface area (Å²) in [5.41, 5.74) is 0. The van der Waals surface area contributed by atoms with E-state index >= 15 is 0 Å².